The molecule has 0 N–H and O–H groups in total. The molecule has 0 amide bonds. The molecular formula is C58H49NSi2. The predicted octanol–water partition coefficient (Wildman–Crippen LogP) is 8.84. The van der Waals surface area contributed by atoms with E-state index in [1.807, 2.05) is 0 Å². The number of aromatic nitrogens is 1. The molecule has 0 aliphatic heterocycles. The maximum atomic E-state index is 2.57. The van der Waals surface area contributed by atoms with E-state index in [-0.39, 0.29) is 5.41 Å². The van der Waals surface area contributed by atoms with E-state index in [1.165, 1.54) is 74.6 Å². The molecule has 10 aromatic rings. The van der Waals surface area contributed by atoms with Gasteiger partial charge in [0.1, 0.15) is 0 Å². The van der Waals surface area contributed by atoms with E-state index in [9.17, 15) is 0 Å². The van der Waals surface area contributed by atoms with Crippen LogP contribution >= 0.6 is 0 Å². The maximum Gasteiger partial charge on any atom is 0.179 e. The molecule has 61 heavy (non-hydrogen) atoms. The minimum Gasteiger partial charge on any atom is -0.309 e. The summed E-state index contributed by atoms with van der Waals surface area (Å²) in [6.07, 6.45) is 0. The van der Waals surface area contributed by atoms with E-state index in [0.29, 0.717) is 0 Å². The number of benzene rings is 9. The van der Waals surface area contributed by atoms with Gasteiger partial charge in [0.2, 0.25) is 0 Å². The van der Waals surface area contributed by atoms with Gasteiger partial charge >= 0.3 is 0 Å². The second-order valence-corrected chi connectivity index (χ2v) is 24.9. The van der Waals surface area contributed by atoms with Gasteiger partial charge in [0.25, 0.3) is 0 Å². The third-order valence-corrected chi connectivity index (χ3v) is 22.4. The number of rotatable bonds is 9. The average Bonchev–Trinajstić information content (AvgIpc) is 3.65. The van der Waals surface area contributed by atoms with Crippen molar-refractivity contribution in [3.05, 3.63) is 248 Å². The number of hydrogen-bond acceptors (Lipinski definition) is 0. The summed E-state index contributed by atoms with van der Waals surface area (Å²) in [6, 6.07) is 91.7. The summed E-state index contributed by atoms with van der Waals surface area (Å²) < 4.78 is 2.50. The Hall–Kier alpha value is -6.79. The van der Waals surface area contributed by atoms with E-state index < -0.39 is 16.1 Å². The Morgan fingerprint density at radius 3 is 0.836 bits per heavy atom. The Labute approximate surface area is 362 Å². The highest BCUT2D eigenvalue weighted by Gasteiger charge is 2.43. The summed E-state index contributed by atoms with van der Waals surface area (Å²) in [4.78, 5) is 0. The van der Waals surface area contributed by atoms with Crippen LogP contribution in [-0.4, -0.2) is 20.7 Å². The maximum absolute atomic E-state index is 2.81. The Morgan fingerprint density at radius 2 is 0.574 bits per heavy atom. The molecule has 9 aromatic carbocycles. The zero-order chi connectivity index (χ0) is 41.4. The van der Waals surface area contributed by atoms with Crippen LogP contribution in [0.25, 0.3) is 27.5 Å². The van der Waals surface area contributed by atoms with Gasteiger partial charge in [0.15, 0.2) is 16.1 Å². The van der Waals surface area contributed by atoms with Crippen molar-refractivity contribution < 1.29 is 0 Å². The van der Waals surface area contributed by atoms with Crippen LogP contribution in [-0.2, 0) is 5.41 Å². The molecule has 0 aliphatic carbocycles. The lowest BCUT2D eigenvalue weighted by molar-refractivity contribution is 0.590. The van der Waals surface area contributed by atoms with Gasteiger partial charge in [-0.2, -0.15) is 0 Å². The summed E-state index contributed by atoms with van der Waals surface area (Å²) in [5, 5.41) is 13.5. The zero-order valence-electron chi connectivity index (χ0n) is 35.0. The molecule has 10 rings (SSSR count). The normalized spacial score (nSPS) is 12.2. The Morgan fingerprint density at radius 1 is 0.295 bits per heavy atom. The third-order valence-electron chi connectivity index (χ3n) is 12.9. The SMILES string of the molecule is CC(C)(C)c1ccc(-n2c3ccc([Si](c4ccccc4)(c4ccccc4)c4ccccc4)cc3c3cc([Si](c4ccccc4)(c4ccccc4)c4ccccc4)ccc32)cc1. The van der Waals surface area contributed by atoms with Gasteiger partial charge in [-0.25, -0.2) is 0 Å². The molecule has 3 heteroatoms. The molecule has 0 fully saturated rings. The molecule has 0 saturated heterocycles. The fraction of sp³-hybridized carbons (Fsp3) is 0.0690. The van der Waals surface area contributed by atoms with Crippen LogP contribution < -0.4 is 41.5 Å². The first-order chi connectivity index (χ1) is 29.9. The molecule has 1 heterocycles. The molecule has 0 aliphatic rings. The van der Waals surface area contributed by atoms with Gasteiger partial charge in [-0.1, -0.05) is 239 Å². The second-order valence-electron chi connectivity index (χ2n) is 17.3. The molecule has 0 radical (unpaired) electrons. The third kappa shape index (κ3) is 6.44. The van der Waals surface area contributed by atoms with Gasteiger partial charge in [0, 0.05) is 16.5 Å². The Kier molecular flexibility index (Phi) is 9.87. The fourth-order valence-corrected chi connectivity index (χ4v) is 19.6. The van der Waals surface area contributed by atoms with Gasteiger partial charge in [-0.15, -0.1) is 0 Å². The summed E-state index contributed by atoms with van der Waals surface area (Å²) in [7, 11) is -5.62. The first-order valence-electron chi connectivity index (χ1n) is 21.4. The van der Waals surface area contributed by atoms with Crippen LogP contribution in [0.4, 0.5) is 0 Å². The van der Waals surface area contributed by atoms with Gasteiger partial charge in [-0.05, 0) is 76.7 Å². The molecule has 0 bridgehead atoms. The topological polar surface area (TPSA) is 4.93 Å². The highest BCUT2D eigenvalue weighted by atomic mass is 28.3. The summed E-state index contributed by atoms with van der Waals surface area (Å²) in [5.41, 5.74) is 4.98. The van der Waals surface area contributed by atoms with Crippen LogP contribution in [0.5, 0.6) is 0 Å². The summed E-state index contributed by atoms with van der Waals surface area (Å²) >= 11 is 0. The number of fused-ring (bicyclic) bond motifs is 3. The fourth-order valence-electron chi connectivity index (χ4n) is 10.0. The minimum absolute atomic E-state index is 0.0592. The van der Waals surface area contributed by atoms with E-state index >= 15 is 0 Å². The van der Waals surface area contributed by atoms with E-state index in [2.05, 4.69) is 268 Å². The minimum atomic E-state index is -2.81. The van der Waals surface area contributed by atoms with Crippen molar-refractivity contribution in [1.29, 1.82) is 0 Å². The van der Waals surface area contributed by atoms with E-state index in [0.717, 1.165) is 0 Å². The number of hydrogen-bond donors (Lipinski definition) is 0. The first-order valence-corrected chi connectivity index (χ1v) is 25.4. The molecule has 294 valence electrons. The van der Waals surface area contributed by atoms with Crippen molar-refractivity contribution in [3.63, 3.8) is 0 Å². The van der Waals surface area contributed by atoms with Crippen LogP contribution in [0.3, 0.4) is 0 Å². The standard InChI is InChI=1S/C58H49NSi2/c1-58(2,3)44-34-36-45(37-35-44)59-56-40-38-52(60(46-22-10-4-11-23-46,47-24-12-5-13-25-47)48-26-14-6-15-27-48)42-54(56)55-43-53(39-41-57(55)59)61(49-28-16-7-17-29-49,50-30-18-8-19-31-50)51-32-20-9-21-33-51/h4-43H,1-3H3. The lowest BCUT2D eigenvalue weighted by atomic mass is 9.87. The number of nitrogens with zero attached hydrogens (tertiary/aromatic N) is 1. The van der Waals surface area contributed by atoms with Crippen LogP contribution in [0.2, 0.25) is 0 Å². The lowest BCUT2D eigenvalue weighted by Crippen LogP contribution is -2.74. The van der Waals surface area contributed by atoms with Crippen molar-refractivity contribution in [2.24, 2.45) is 0 Å². The van der Waals surface area contributed by atoms with Crippen molar-refractivity contribution in [2.45, 2.75) is 26.2 Å². The molecule has 0 unspecified atom stereocenters. The quantitative estimate of drug-likeness (QED) is 0.102. The van der Waals surface area contributed by atoms with Gasteiger partial charge in [-0.3, -0.25) is 0 Å². The van der Waals surface area contributed by atoms with Crippen molar-refractivity contribution in [2.75, 3.05) is 0 Å². The van der Waals surface area contributed by atoms with Crippen LogP contribution in [0, 0.1) is 0 Å². The Bertz CT molecular complexity index is 2690. The van der Waals surface area contributed by atoms with Gasteiger partial charge < -0.3 is 4.57 Å². The molecule has 0 saturated carbocycles. The largest absolute Gasteiger partial charge is 0.309 e. The monoisotopic (exact) mass is 815 g/mol. The smallest absolute Gasteiger partial charge is 0.179 e. The molecule has 1 nitrogen and oxygen atoms in total. The van der Waals surface area contributed by atoms with Crippen molar-refractivity contribution >= 4 is 79.4 Å². The van der Waals surface area contributed by atoms with Crippen LogP contribution in [0.15, 0.2) is 243 Å². The van der Waals surface area contributed by atoms with E-state index in [4.69, 9.17) is 0 Å². The summed E-state index contributed by atoms with van der Waals surface area (Å²) in [5.74, 6) is 0. The highest BCUT2D eigenvalue weighted by Crippen LogP contribution is 2.33. The molecule has 1 aromatic heterocycles. The molecular weight excluding hydrogens is 767 g/mol. The second kappa shape index (κ2) is 15.7. The average molecular weight is 816 g/mol. The zero-order valence-corrected chi connectivity index (χ0v) is 37.0. The van der Waals surface area contributed by atoms with E-state index in [1.54, 1.807) is 0 Å². The summed E-state index contributed by atoms with van der Waals surface area (Å²) in [6.45, 7) is 6.86. The molecule has 0 spiro atoms. The van der Waals surface area contributed by atoms with Crippen LogP contribution in [0.1, 0.15) is 26.3 Å². The lowest BCUT2D eigenvalue weighted by Gasteiger charge is -2.34. The Balaban J connectivity index is 1.33. The predicted molar refractivity (Wildman–Crippen MR) is 267 cm³/mol. The first kappa shape index (κ1) is 38.4. The van der Waals surface area contributed by atoms with Crippen molar-refractivity contribution in [3.8, 4) is 5.69 Å². The van der Waals surface area contributed by atoms with Gasteiger partial charge in [0.05, 0.1) is 11.0 Å². The van der Waals surface area contributed by atoms with Crippen molar-refractivity contribution in [1.82, 2.24) is 4.57 Å². The highest BCUT2D eigenvalue weighted by molar-refractivity contribution is 7.20. The molecule has 0 atom stereocenters.